The number of hydrogen-bond donors (Lipinski definition) is 1. The Balaban J connectivity index is 1.69. The zero-order chi connectivity index (χ0) is 13.5. The largest absolute Gasteiger partial charge is 0.314 e. The molecule has 1 aromatic carbocycles. The van der Waals surface area contributed by atoms with Crippen LogP contribution in [0.5, 0.6) is 0 Å². The van der Waals surface area contributed by atoms with Gasteiger partial charge in [-0.1, -0.05) is 31.2 Å². The van der Waals surface area contributed by atoms with Gasteiger partial charge in [0.2, 0.25) is 0 Å². The zero-order valence-corrected chi connectivity index (χ0v) is 12.7. The molecule has 0 bridgehead atoms. The van der Waals surface area contributed by atoms with Crippen LogP contribution >= 0.6 is 11.3 Å². The maximum atomic E-state index is 4.97. The van der Waals surface area contributed by atoms with Crippen LogP contribution in [0.3, 0.4) is 0 Å². The van der Waals surface area contributed by atoms with Gasteiger partial charge in [-0.3, -0.25) is 0 Å². The van der Waals surface area contributed by atoms with E-state index < -0.39 is 0 Å². The molecule has 2 nitrogen and oxygen atoms in total. The molecule has 0 amide bonds. The van der Waals surface area contributed by atoms with Crippen LogP contribution in [-0.2, 0) is 12.8 Å². The maximum Gasteiger partial charge on any atom is 0.0950 e. The summed E-state index contributed by atoms with van der Waals surface area (Å²) in [6, 6.07) is 9.44. The van der Waals surface area contributed by atoms with E-state index in [0.717, 1.165) is 12.8 Å². The van der Waals surface area contributed by atoms with Crippen LogP contribution in [0.25, 0.3) is 11.3 Å². The highest BCUT2D eigenvalue weighted by atomic mass is 32.1. The summed E-state index contributed by atoms with van der Waals surface area (Å²) in [5.41, 5.74) is 4.09. The second-order valence-electron chi connectivity index (χ2n) is 6.07. The van der Waals surface area contributed by atoms with Gasteiger partial charge in [0.15, 0.2) is 0 Å². The van der Waals surface area contributed by atoms with E-state index >= 15 is 0 Å². The molecule has 3 heteroatoms. The molecule has 0 radical (unpaired) electrons. The minimum Gasteiger partial charge on any atom is -0.314 e. The molecule has 0 spiro atoms. The Morgan fingerprint density at radius 1 is 1.35 bits per heavy atom. The van der Waals surface area contributed by atoms with E-state index in [4.69, 9.17) is 4.98 Å². The third-order valence-electron chi connectivity index (χ3n) is 4.56. The standard InChI is InChI=1S/C17H20N2S/c1-11-9-15-17(14-7-3-2-6-13(11)14)19-16(20-15)10-12-5-4-8-18-12/h2-3,6-7,11-12,18H,4-5,8-10H2,1H3. The van der Waals surface area contributed by atoms with Crippen molar-refractivity contribution in [2.75, 3.05) is 6.54 Å². The Kier molecular flexibility index (Phi) is 3.12. The van der Waals surface area contributed by atoms with Crippen molar-refractivity contribution in [3.63, 3.8) is 0 Å². The molecule has 2 unspecified atom stereocenters. The van der Waals surface area contributed by atoms with E-state index in [2.05, 4.69) is 36.5 Å². The highest BCUT2D eigenvalue weighted by Crippen LogP contribution is 2.41. The second-order valence-corrected chi connectivity index (χ2v) is 7.24. The van der Waals surface area contributed by atoms with Gasteiger partial charge in [-0.15, -0.1) is 11.3 Å². The summed E-state index contributed by atoms with van der Waals surface area (Å²) in [6.07, 6.45) is 4.88. The lowest BCUT2D eigenvalue weighted by atomic mass is 9.86. The number of hydrogen-bond acceptors (Lipinski definition) is 3. The monoisotopic (exact) mass is 284 g/mol. The van der Waals surface area contributed by atoms with Crippen molar-refractivity contribution < 1.29 is 0 Å². The molecule has 1 fully saturated rings. The summed E-state index contributed by atoms with van der Waals surface area (Å²) in [7, 11) is 0. The summed E-state index contributed by atoms with van der Waals surface area (Å²) >= 11 is 1.94. The first-order valence-electron chi connectivity index (χ1n) is 7.62. The molecule has 4 rings (SSSR count). The molecule has 2 aliphatic rings. The smallest absolute Gasteiger partial charge is 0.0950 e. The molecule has 2 aromatic rings. The minimum atomic E-state index is 0.622. The highest BCUT2D eigenvalue weighted by molar-refractivity contribution is 7.12. The number of rotatable bonds is 2. The average Bonchev–Trinajstić information content (AvgIpc) is 3.09. The Bertz CT molecular complexity index is 626. The summed E-state index contributed by atoms with van der Waals surface area (Å²) in [6.45, 7) is 3.51. The van der Waals surface area contributed by atoms with Crippen LogP contribution in [-0.4, -0.2) is 17.6 Å². The SMILES string of the molecule is CC1Cc2sc(CC3CCCN3)nc2-c2ccccc21. The zero-order valence-electron chi connectivity index (χ0n) is 11.9. The lowest BCUT2D eigenvalue weighted by Gasteiger charge is -2.21. The summed E-state index contributed by atoms with van der Waals surface area (Å²) in [4.78, 5) is 6.46. The number of nitrogens with one attached hydrogen (secondary N) is 1. The van der Waals surface area contributed by atoms with Gasteiger partial charge in [0.25, 0.3) is 0 Å². The number of nitrogens with zero attached hydrogens (tertiary/aromatic N) is 1. The van der Waals surface area contributed by atoms with Gasteiger partial charge in [0.1, 0.15) is 0 Å². The van der Waals surface area contributed by atoms with Crippen molar-refractivity contribution in [1.29, 1.82) is 0 Å². The first-order chi connectivity index (χ1) is 9.81. The van der Waals surface area contributed by atoms with Crippen LogP contribution in [0.2, 0.25) is 0 Å². The van der Waals surface area contributed by atoms with Crippen molar-refractivity contribution in [3.8, 4) is 11.3 Å². The quantitative estimate of drug-likeness (QED) is 0.908. The second kappa shape index (κ2) is 4.97. The molecule has 1 aliphatic carbocycles. The Hall–Kier alpha value is -1.19. The Morgan fingerprint density at radius 3 is 3.10 bits per heavy atom. The molecular formula is C17H20N2S. The fourth-order valence-corrected chi connectivity index (χ4v) is 4.80. The third kappa shape index (κ3) is 2.09. The first kappa shape index (κ1) is 12.5. The maximum absolute atomic E-state index is 4.97. The van der Waals surface area contributed by atoms with Crippen molar-refractivity contribution in [1.82, 2.24) is 10.3 Å². The van der Waals surface area contributed by atoms with Gasteiger partial charge in [-0.2, -0.15) is 0 Å². The van der Waals surface area contributed by atoms with E-state index in [9.17, 15) is 0 Å². The Labute approximate surface area is 124 Å². The predicted molar refractivity (Wildman–Crippen MR) is 84.4 cm³/mol. The van der Waals surface area contributed by atoms with Crippen LogP contribution in [0.15, 0.2) is 24.3 Å². The topological polar surface area (TPSA) is 24.9 Å². The molecular weight excluding hydrogens is 264 g/mol. The fraction of sp³-hybridized carbons (Fsp3) is 0.471. The van der Waals surface area contributed by atoms with E-state index in [0.29, 0.717) is 12.0 Å². The Morgan fingerprint density at radius 2 is 2.25 bits per heavy atom. The van der Waals surface area contributed by atoms with Crippen LogP contribution in [0, 0.1) is 0 Å². The van der Waals surface area contributed by atoms with Gasteiger partial charge in [-0.25, -0.2) is 4.98 Å². The molecule has 1 aliphatic heterocycles. The van der Waals surface area contributed by atoms with Crippen molar-refractivity contribution >= 4 is 11.3 Å². The van der Waals surface area contributed by atoms with Gasteiger partial charge >= 0.3 is 0 Å². The first-order valence-corrected chi connectivity index (χ1v) is 8.44. The van der Waals surface area contributed by atoms with Crippen LogP contribution in [0.1, 0.15) is 41.1 Å². The lowest BCUT2D eigenvalue weighted by Crippen LogP contribution is -2.23. The predicted octanol–water partition coefficient (Wildman–Crippen LogP) is 3.76. The molecule has 1 saturated heterocycles. The van der Waals surface area contributed by atoms with E-state index in [-0.39, 0.29) is 0 Å². The van der Waals surface area contributed by atoms with Crippen molar-refractivity contribution in [2.45, 2.75) is 44.6 Å². The summed E-state index contributed by atoms with van der Waals surface area (Å²) in [5.74, 6) is 0.622. The van der Waals surface area contributed by atoms with Crippen LogP contribution in [0.4, 0.5) is 0 Å². The number of fused-ring (bicyclic) bond motifs is 3. The van der Waals surface area contributed by atoms with Gasteiger partial charge in [-0.05, 0) is 37.3 Å². The van der Waals surface area contributed by atoms with E-state index in [1.165, 1.54) is 46.1 Å². The molecule has 20 heavy (non-hydrogen) atoms. The van der Waals surface area contributed by atoms with Gasteiger partial charge in [0.05, 0.1) is 10.7 Å². The summed E-state index contributed by atoms with van der Waals surface area (Å²) < 4.78 is 0. The molecule has 2 heterocycles. The van der Waals surface area contributed by atoms with Crippen LogP contribution < -0.4 is 5.32 Å². The van der Waals surface area contributed by atoms with E-state index in [1.807, 2.05) is 11.3 Å². The van der Waals surface area contributed by atoms with Gasteiger partial charge < -0.3 is 5.32 Å². The molecule has 104 valence electrons. The van der Waals surface area contributed by atoms with Crippen molar-refractivity contribution in [2.24, 2.45) is 0 Å². The molecule has 1 N–H and O–H groups in total. The van der Waals surface area contributed by atoms with E-state index in [1.54, 1.807) is 0 Å². The molecule has 0 saturated carbocycles. The lowest BCUT2D eigenvalue weighted by molar-refractivity contribution is 0.601. The van der Waals surface area contributed by atoms with Gasteiger partial charge in [0, 0.05) is 22.9 Å². The third-order valence-corrected chi connectivity index (χ3v) is 5.66. The fourth-order valence-electron chi connectivity index (χ4n) is 3.51. The molecule has 2 atom stereocenters. The molecule has 1 aromatic heterocycles. The number of aromatic nitrogens is 1. The average molecular weight is 284 g/mol. The minimum absolute atomic E-state index is 0.622. The summed E-state index contributed by atoms with van der Waals surface area (Å²) in [5, 5.41) is 4.90. The van der Waals surface area contributed by atoms with Crippen molar-refractivity contribution in [3.05, 3.63) is 39.7 Å². The normalized spacial score (nSPS) is 24.4. The number of thiazole rings is 1. The highest BCUT2D eigenvalue weighted by Gasteiger charge is 2.26. The number of benzene rings is 1.